The second kappa shape index (κ2) is 13.4. The zero-order chi connectivity index (χ0) is 38.5. The summed E-state index contributed by atoms with van der Waals surface area (Å²) in [4.78, 5) is 42.6. The number of aliphatic hydroxyl groups is 2. The molecule has 1 aromatic carbocycles. The van der Waals surface area contributed by atoms with Crippen molar-refractivity contribution in [2.75, 3.05) is 53.0 Å². The number of fused-ring (bicyclic) bond motifs is 2. The molecular weight excluding hydrogens is 720 g/mol. The van der Waals surface area contributed by atoms with E-state index >= 15 is 0 Å². The highest BCUT2D eigenvalue weighted by Gasteiger charge is 2.91. The lowest BCUT2D eigenvalue weighted by molar-refractivity contribution is -1.92. The summed E-state index contributed by atoms with van der Waals surface area (Å²) in [6.07, 6.45) is 0.951. The van der Waals surface area contributed by atoms with Crippen molar-refractivity contribution >= 4 is 23.5 Å². The Kier molecular flexibility index (Phi) is 9.85. The van der Waals surface area contributed by atoms with Crippen LogP contribution in [0.5, 0.6) is 0 Å². The molecular formula is C36H49ClN2O14. The van der Waals surface area contributed by atoms with Gasteiger partial charge in [-0.05, 0) is 43.9 Å². The molecule has 0 radical (unpaired) electrons. The lowest BCUT2D eigenvalue weighted by atomic mass is 9.42. The normalized spacial score (nSPS) is 43.8. The fourth-order valence-corrected chi connectivity index (χ4v) is 13.0. The minimum atomic E-state index is -4.69. The maximum Gasteiger partial charge on any atom is 0.340 e. The summed E-state index contributed by atoms with van der Waals surface area (Å²) in [6, 6.07) is 6.11. The molecule has 0 aromatic heterocycles. The lowest BCUT2D eigenvalue weighted by Crippen LogP contribution is -2.82. The highest BCUT2D eigenvalue weighted by atomic mass is 35.7. The number of rotatable bonds is 9. The number of hydrogen-bond donors (Lipinski definition) is 3. The van der Waals surface area contributed by atoms with Crippen molar-refractivity contribution in [3.05, 3.63) is 29.8 Å². The third-order valence-corrected chi connectivity index (χ3v) is 14.2. The zero-order valence-electron chi connectivity index (χ0n) is 30.5. The molecule has 2 heterocycles. The highest BCUT2D eigenvalue weighted by Crippen LogP contribution is 2.80. The van der Waals surface area contributed by atoms with Crippen molar-refractivity contribution in [3.63, 3.8) is 0 Å². The summed E-state index contributed by atoms with van der Waals surface area (Å²) in [5, 5.41) is 26.5. The van der Waals surface area contributed by atoms with E-state index in [1.54, 1.807) is 52.7 Å². The maximum atomic E-state index is 14.0. The van der Waals surface area contributed by atoms with E-state index in [0.29, 0.717) is 25.9 Å². The number of carbonyl (C=O) groups is 3. The first kappa shape index (κ1) is 38.9. The Morgan fingerprint density at radius 1 is 1.00 bits per heavy atom. The average Bonchev–Trinajstić information content (AvgIpc) is 3.69. The molecule has 16 nitrogen and oxygen atoms in total. The molecule has 7 aliphatic rings. The van der Waals surface area contributed by atoms with Crippen LogP contribution in [-0.2, 0) is 33.3 Å². The van der Waals surface area contributed by atoms with E-state index in [1.165, 1.54) is 0 Å². The van der Waals surface area contributed by atoms with Gasteiger partial charge in [0.15, 0.2) is 0 Å². The number of imide groups is 1. The van der Waals surface area contributed by atoms with Crippen LogP contribution in [0.25, 0.3) is 0 Å². The summed E-state index contributed by atoms with van der Waals surface area (Å²) in [5.41, 5.74) is -4.15. The lowest BCUT2D eigenvalue weighted by Gasteiger charge is -2.70. The van der Waals surface area contributed by atoms with Crippen LogP contribution >= 0.6 is 0 Å². The van der Waals surface area contributed by atoms with Crippen molar-refractivity contribution in [2.24, 2.45) is 34.5 Å². The Hall–Kier alpha value is -2.32. The first-order chi connectivity index (χ1) is 25.0. The summed E-state index contributed by atoms with van der Waals surface area (Å²) in [6.45, 7) is 3.24. The number of benzene rings is 1. The van der Waals surface area contributed by atoms with Crippen LogP contribution in [0, 0.1) is 44.7 Å². The summed E-state index contributed by atoms with van der Waals surface area (Å²) in [7, 11) is 2.00. The number of anilines is 1. The Labute approximate surface area is 309 Å². The highest BCUT2D eigenvalue weighted by molar-refractivity contribution is 6.21. The number of esters is 1. The van der Waals surface area contributed by atoms with Crippen LogP contribution < -0.4 is 18.9 Å². The molecule has 7 fully saturated rings. The van der Waals surface area contributed by atoms with E-state index < -0.39 is 50.4 Å². The summed E-state index contributed by atoms with van der Waals surface area (Å²) in [5.74, 6) is -2.00. The summed E-state index contributed by atoms with van der Waals surface area (Å²) < 4.78 is 64.0. The molecule has 5 saturated carbocycles. The fourth-order valence-electron chi connectivity index (χ4n) is 13.0. The zero-order valence-corrected chi connectivity index (χ0v) is 31.2. The van der Waals surface area contributed by atoms with Crippen molar-refractivity contribution < 1.29 is 77.2 Å². The van der Waals surface area contributed by atoms with Gasteiger partial charge in [-0.2, -0.15) is 14.0 Å². The Bertz CT molecular complexity index is 1610. The molecule has 53 heavy (non-hydrogen) atoms. The number of piperidine rings is 1. The minimum Gasteiger partial charge on any atom is -0.461 e. The number of methoxy groups -OCH3 is 4. The molecule has 8 rings (SSSR count). The number of likely N-dealkylation sites (N-methyl/N-ethyl adjacent to an activating group) is 1. The number of likely N-dealkylation sites (tertiary alicyclic amines) is 1. The van der Waals surface area contributed by atoms with E-state index in [4.69, 9.17) is 42.3 Å². The number of amides is 2. The van der Waals surface area contributed by atoms with E-state index in [9.17, 15) is 24.6 Å². The van der Waals surface area contributed by atoms with Gasteiger partial charge in [-0.1, -0.05) is 19.1 Å². The molecule has 2 amide bonds. The first-order valence-corrected chi connectivity index (χ1v) is 19.4. The van der Waals surface area contributed by atoms with Gasteiger partial charge in [0, 0.05) is 82.8 Å². The molecule has 2 saturated heterocycles. The molecule has 4 unspecified atom stereocenters. The minimum absolute atomic E-state index is 0.0394. The maximum absolute atomic E-state index is 14.0. The predicted octanol–water partition coefficient (Wildman–Crippen LogP) is -2.33. The third kappa shape index (κ3) is 5.25. The quantitative estimate of drug-likeness (QED) is 0.177. The van der Waals surface area contributed by atoms with Crippen LogP contribution in [0.4, 0.5) is 5.69 Å². The van der Waals surface area contributed by atoms with Crippen LogP contribution in [-0.4, -0.2) is 127 Å². The van der Waals surface area contributed by atoms with Crippen molar-refractivity contribution in [1.82, 2.24) is 4.90 Å². The smallest absolute Gasteiger partial charge is 0.340 e. The number of nitrogens with zero attached hydrogens (tertiary/aromatic N) is 2. The van der Waals surface area contributed by atoms with Crippen molar-refractivity contribution in [1.29, 1.82) is 0 Å². The standard InChI is InChI=1S/C36H48N2O10.ClHO4/c1-6-37-17-33(18-48-31(41)19-9-7-8-10-22(19)38-25(39)11-12-26(38)40)14-13-24(45-3)35-21-15-20-23(44-2)16-34(42,27(21)28(20)46-4)36(43,32(35)37)30(47-5)29(33)35;2-1(3,4)5/h7-10,20-21,23-24,27-30,32,42-43H,6,11-18H2,1-5H3;(H,2,3,4,5)/t20-,21?,23+,24+,27?,28+,29?,30+,32?,33+,34-,35+,36+;/m1./s1. The van der Waals surface area contributed by atoms with Gasteiger partial charge in [0.25, 0.3) is 0 Å². The SMILES string of the molecule is CCN1C[C@]2(COC(=O)c3ccccc3N3C(=O)CCC3=O)CC[C@H](OC)[C@]34C5C[C@@H]6[C@@H](OC)C[C@@](O)(C5[C@H]6OC)[C@@](O)(C13)[C@@H](OC)C24.[O-][Cl+3]([O-])([O-])O. The van der Waals surface area contributed by atoms with Gasteiger partial charge in [0.05, 0.1) is 63.2 Å². The monoisotopic (exact) mass is 768 g/mol. The molecule has 17 heteroatoms. The molecule has 1 spiro atoms. The second-order valence-corrected chi connectivity index (χ2v) is 16.6. The van der Waals surface area contributed by atoms with E-state index in [-0.39, 0.29) is 90.9 Å². The predicted molar refractivity (Wildman–Crippen MR) is 172 cm³/mol. The van der Waals surface area contributed by atoms with Gasteiger partial charge in [-0.15, -0.1) is 0 Å². The van der Waals surface area contributed by atoms with Gasteiger partial charge in [0.1, 0.15) is 11.2 Å². The van der Waals surface area contributed by atoms with Crippen LogP contribution in [0.3, 0.4) is 0 Å². The molecule has 13 atom stereocenters. The van der Waals surface area contributed by atoms with Gasteiger partial charge in [-0.25, -0.2) is 9.69 Å². The molecule has 2 aliphatic heterocycles. The number of ether oxygens (including phenoxy) is 5. The van der Waals surface area contributed by atoms with Crippen molar-refractivity contribution in [2.45, 2.75) is 87.1 Å². The van der Waals surface area contributed by atoms with Crippen molar-refractivity contribution in [3.8, 4) is 0 Å². The number of carbonyl (C=O) groups excluding carboxylic acids is 3. The largest absolute Gasteiger partial charge is 0.461 e. The molecule has 7 bridgehead atoms. The van der Waals surface area contributed by atoms with E-state index in [2.05, 4.69) is 11.8 Å². The molecule has 1 aromatic rings. The van der Waals surface area contributed by atoms with Gasteiger partial charge in [-0.3, -0.25) is 14.5 Å². The molecule has 5 aliphatic carbocycles. The first-order valence-electron chi connectivity index (χ1n) is 18.1. The van der Waals surface area contributed by atoms with E-state index in [1.807, 2.05) is 0 Å². The Morgan fingerprint density at radius 3 is 2.25 bits per heavy atom. The van der Waals surface area contributed by atoms with E-state index in [0.717, 1.165) is 11.3 Å². The van der Waals surface area contributed by atoms with Gasteiger partial charge in [0.2, 0.25) is 11.8 Å². The molecule has 294 valence electrons. The number of halogens is 1. The molecule has 3 N–H and O–H groups in total. The average molecular weight is 769 g/mol. The van der Waals surface area contributed by atoms with Crippen LogP contribution in [0.1, 0.15) is 55.8 Å². The summed E-state index contributed by atoms with van der Waals surface area (Å²) >= 11 is 0. The number of para-hydroxylation sites is 1. The van der Waals surface area contributed by atoms with Gasteiger partial charge >= 0.3 is 5.97 Å². The third-order valence-electron chi connectivity index (χ3n) is 14.2. The Morgan fingerprint density at radius 2 is 1.66 bits per heavy atom. The van der Waals surface area contributed by atoms with Gasteiger partial charge < -0.3 is 33.9 Å². The second-order valence-electron chi connectivity index (χ2n) is 15.8. The number of hydrogen-bond acceptors (Lipinski definition) is 15. The topological polar surface area (TPSA) is 234 Å². The fraction of sp³-hybridized carbons (Fsp3) is 0.750. The van der Waals surface area contributed by atoms with Crippen LogP contribution in [0.15, 0.2) is 24.3 Å². The Balaban J connectivity index is 0.000000817. The van der Waals surface area contributed by atoms with Crippen LogP contribution in [0.2, 0.25) is 0 Å².